The summed E-state index contributed by atoms with van der Waals surface area (Å²) in [6.07, 6.45) is 3.78. The maximum Gasteiger partial charge on any atom is 0.314 e. The molecule has 6 nitrogen and oxygen atoms in total. The van der Waals surface area contributed by atoms with Crippen LogP contribution in [0.15, 0.2) is 18.2 Å². The van der Waals surface area contributed by atoms with Crippen LogP contribution in [-0.2, 0) is 0 Å². The first-order chi connectivity index (χ1) is 11.7. The summed E-state index contributed by atoms with van der Waals surface area (Å²) in [5, 5.41) is 0. The minimum Gasteiger partial charge on any atom is -0.493 e. The van der Waals surface area contributed by atoms with Gasteiger partial charge in [0.15, 0.2) is 11.5 Å². The Labute approximate surface area is 144 Å². The van der Waals surface area contributed by atoms with Gasteiger partial charge in [-0.2, -0.15) is 0 Å². The molecule has 0 unspecified atom stereocenters. The summed E-state index contributed by atoms with van der Waals surface area (Å²) in [6, 6.07) is 5.68. The van der Waals surface area contributed by atoms with Crippen molar-refractivity contribution in [1.82, 2.24) is 4.90 Å². The maximum atomic E-state index is 11.2. The first-order valence-corrected chi connectivity index (χ1v) is 8.81. The van der Waals surface area contributed by atoms with Gasteiger partial charge in [0, 0.05) is 37.9 Å². The van der Waals surface area contributed by atoms with Gasteiger partial charge in [-0.25, -0.2) is 4.79 Å². The number of hydrogen-bond acceptors (Lipinski definition) is 4. The molecule has 1 aliphatic carbocycles. The fourth-order valence-corrected chi connectivity index (χ4v) is 2.81. The third kappa shape index (κ3) is 4.24. The fourth-order valence-electron chi connectivity index (χ4n) is 2.81. The molecule has 2 amide bonds. The van der Waals surface area contributed by atoms with Crippen molar-refractivity contribution in [3.63, 3.8) is 0 Å². The molecule has 3 rings (SSSR count). The molecule has 1 aliphatic heterocycles. The van der Waals surface area contributed by atoms with Crippen LogP contribution in [0.3, 0.4) is 0 Å². The Bertz CT molecular complexity index is 538. The first-order valence-electron chi connectivity index (χ1n) is 8.81. The predicted molar refractivity (Wildman–Crippen MR) is 96.0 cm³/mol. The first kappa shape index (κ1) is 18.2. The van der Waals surface area contributed by atoms with Crippen molar-refractivity contribution in [2.24, 2.45) is 5.73 Å². The van der Waals surface area contributed by atoms with Crippen LogP contribution >= 0.6 is 0 Å². The summed E-state index contributed by atoms with van der Waals surface area (Å²) in [7, 11) is 1.66. The SMILES string of the molecule is CC.COc1ccc(N2CCN(C(N)=O)CC2)cc1OC1CCC1. The van der Waals surface area contributed by atoms with Crippen LogP contribution in [0.2, 0.25) is 0 Å². The van der Waals surface area contributed by atoms with Gasteiger partial charge in [0.2, 0.25) is 0 Å². The lowest BCUT2D eigenvalue weighted by atomic mass is 9.96. The molecule has 1 aromatic rings. The second kappa shape index (κ2) is 8.66. The number of piperazine rings is 1. The smallest absolute Gasteiger partial charge is 0.314 e. The Morgan fingerprint density at radius 3 is 2.29 bits per heavy atom. The van der Waals surface area contributed by atoms with Crippen molar-refractivity contribution >= 4 is 11.7 Å². The zero-order chi connectivity index (χ0) is 17.5. The van der Waals surface area contributed by atoms with Crippen LogP contribution in [-0.4, -0.2) is 50.3 Å². The lowest BCUT2D eigenvalue weighted by Crippen LogP contribution is -2.50. The van der Waals surface area contributed by atoms with E-state index in [1.165, 1.54) is 6.42 Å². The van der Waals surface area contributed by atoms with Crippen LogP contribution in [0, 0.1) is 0 Å². The molecule has 2 aliphatic rings. The predicted octanol–water partition coefficient (Wildman–Crippen LogP) is 2.85. The van der Waals surface area contributed by atoms with Crippen molar-refractivity contribution in [3.05, 3.63) is 18.2 Å². The molecule has 1 aromatic carbocycles. The average Bonchev–Trinajstić information content (AvgIpc) is 2.60. The highest BCUT2D eigenvalue weighted by molar-refractivity contribution is 5.72. The van der Waals surface area contributed by atoms with E-state index in [1.807, 2.05) is 32.0 Å². The third-order valence-electron chi connectivity index (χ3n) is 4.45. The minimum atomic E-state index is -0.344. The highest BCUT2D eigenvalue weighted by Crippen LogP contribution is 2.35. The van der Waals surface area contributed by atoms with Gasteiger partial charge >= 0.3 is 6.03 Å². The van der Waals surface area contributed by atoms with Gasteiger partial charge in [0.05, 0.1) is 13.2 Å². The number of methoxy groups -OCH3 is 1. The average molecular weight is 335 g/mol. The third-order valence-corrected chi connectivity index (χ3v) is 4.45. The molecule has 1 saturated heterocycles. The number of rotatable bonds is 4. The van der Waals surface area contributed by atoms with Crippen molar-refractivity contribution in [2.75, 3.05) is 38.2 Å². The van der Waals surface area contributed by atoms with E-state index in [9.17, 15) is 4.79 Å². The number of primary amides is 1. The van der Waals surface area contributed by atoms with Crippen LogP contribution in [0.4, 0.5) is 10.5 Å². The van der Waals surface area contributed by atoms with Crippen molar-refractivity contribution in [2.45, 2.75) is 39.2 Å². The van der Waals surface area contributed by atoms with Crippen LogP contribution in [0.1, 0.15) is 33.1 Å². The lowest BCUT2D eigenvalue weighted by molar-refractivity contribution is 0.116. The highest BCUT2D eigenvalue weighted by Gasteiger charge is 2.23. The number of ether oxygens (including phenoxy) is 2. The Balaban J connectivity index is 0.00000100. The monoisotopic (exact) mass is 335 g/mol. The molecule has 0 atom stereocenters. The summed E-state index contributed by atoms with van der Waals surface area (Å²) in [4.78, 5) is 15.1. The normalized spacial score (nSPS) is 17.5. The summed E-state index contributed by atoms with van der Waals surface area (Å²) in [5.74, 6) is 1.58. The van der Waals surface area contributed by atoms with Crippen molar-refractivity contribution in [1.29, 1.82) is 0 Å². The number of nitrogens with two attached hydrogens (primary N) is 1. The Hall–Kier alpha value is -2.11. The van der Waals surface area contributed by atoms with E-state index in [4.69, 9.17) is 15.2 Å². The largest absolute Gasteiger partial charge is 0.493 e. The second-order valence-electron chi connectivity index (χ2n) is 5.82. The number of anilines is 1. The summed E-state index contributed by atoms with van der Waals surface area (Å²) >= 11 is 0. The van der Waals surface area contributed by atoms with E-state index in [2.05, 4.69) is 4.90 Å². The second-order valence-corrected chi connectivity index (χ2v) is 5.82. The summed E-state index contributed by atoms with van der Waals surface area (Å²) < 4.78 is 11.4. The van der Waals surface area contributed by atoms with E-state index in [0.29, 0.717) is 19.2 Å². The van der Waals surface area contributed by atoms with E-state index in [1.54, 1.807) is 12.0 Å². The fraction of sp³-hybridized carbons (Fsp3) is 0.611. The van der Waals surface area contributed by atoms with Crippen molar-refractivity contribution in [3.8, 4) is 11.5 Å². The minimum absolute atomic E-state index is 0.316. The molecular formula is C18H29N3O3. The van der Waals surface area contributed by atoms with Crippen LogP contribution in [0.5, 0.6) is 11.5 Å². The van der Waals surface area contributed by atoms with Crippen LogP contribution in [0.25, 0.3) is 0 Å². The van der Waals surface area contributed by atoms with Crippen LogP contribution < -0.4 is 20.1 Å². The number of hydrogen-bond donors (Lipinski definition) is 1. The molecule has 1 heterocycles. The number of carbonyl (C=O) groups excluding carboxylic acids is 1. The number of benzene rings is 1. The molecule has 2 fully saturated rings. The standard InChI is InChI=1S/C16H23N3O3.C2H6/c1-21-14-6-5-12(11-15(14)22-13-3-2-4-13)18-7-9-19(10-8-18)16(17)20;1-2/h5-6,11,13H,2-4,7-10H2,1H3,(H2,17,20);1-2H3. The topological polar surface area (TPSA) is 68.0 Å². The summed E-state index contributed by atoms with van der Waals surface area (Å²) in [5.41, 5.74) is 6.42. The molecule has 6 heteroatoms. The van der Waals surface area contributed by atoms with E-state index in [-0.39, 0.29) is 6.03 Å². The number of nitrogens with zero attached hydrogens (tertiary/aromatic N) is 2. The molecule has 0 bridgehead atoms. The maximum absolute atomic E-state index is 11.2. The molecule has 0 radical (unpaired) electrons. The van der Waals surface area contributed by atoms with E-state index in [0.717, 1.165) is 43.1 Å². The molecule has 0 spiro atoms. The quantitative estimate of drug-likeness (QED) is 0.919. The van der Waals surface area contributed by atoms with Gasteiger partial charge < -0.3 is 25.0 Å². The van der Waals surface area contributed by atoms with Gasteiger partial charge in [-0.3, -0.25) is 0 Å². The van der Waals surface area contributed by atoms with Crippen molar-refractivity contribution < 1.29 is 14.3 Å². The molecular weight excluding hydrogens is 306 g/mol. The van der Waals surface area contributed by atoms with Gasteiger partial charge in [-0.05, 0) is 31.4 Å². The Morgan fingerprint density at radius 2 is 1.79 bits per heavy atom. The van der Waals surface area contributed by atoms with Gasteiger partial charge in [0.1, 0.15) is 0 Å². The Kier molecular flexibility index (Phi) is 6.58. The zero-order valence-corrected chi connectivity index (χ0v) is 15.0. The number of amides is 2. The summed E-state index contributed by atoms with van der Waals surface area (Å²) in [6.45, 7) is 6.86. The lowest BCUT2D eigenvalue weighted by Gasteiger charge is -2.35. The molecule has 134 valence electrons. The molecule has 0 aromatic heterocycles. The molecule has 24 heavy (non-hydrogen) atoms. The molecule has 1 saturated carbocycles. The highest BCUT2D eigenvalue weighted by atomic mass is 16.5. The molecule has 2 N–H and O–H groups in total. The number of carbonyl (C=O) groups is 1. The number of urea groups is 1. The van der Waals surface area contributed by atoms with E-state index >= 15 is 0 Å². The zero-order valence-electron chi connectivity index (χ0n) is 15.0. The van der Waals surface area contributed by atoms with Gasteiger partial charge in [0.25, 0.3) is 0 Å². The van der Waals surface area contributed by atoms with Gasteiger partial charge in [-0.1, -0.05) is 13.8 Å². The van der Waals surface area contributed by atoms with E-state index < -0.39 is 0 Å². The Morgan fingerprint density at radius 1 is 1.12 bits per heavy atom. The van der Waals surface area contributed by atoms with Gasteiger partial charge in [-0.15, -0.1) is 0 Å².